The normalized spacial score (nSPS) is 12.1. The van der Waals surface area contributed by atoms with Crippen LogP contribution < -0.4 is 10.9 Å². The van der Waals surface area contributed by atoms with E-state index in [9.17, 15) is 18.0 Å². The Balaban J connectivity index is 2.42. The van der Waals surface area contributed by atoms with Gasteiger partial charge >= 0.3 is 12.3 Å². The van der Waals surface area contributed by atoms with Crippen molar-refractivity contribution >= 4 is 6.09 Å². The van der Waals surface area contributed by atoms with Gasteiger partial charge in [-0.25, -0.2) is 10.2 Å². The number of alkyl halides is 3. The van der Waals surface area contributed by atoms with Gasteiger partial charge in [-0.2, -0.15) is 13.2 Å². The summed E-state index contributed by atoms with van der Waals surface area (Å²) in [7, 11) is 0. The Bertz CT molecular complexity index is 450. The molecular weight excluding hydrogens is 273 g/mol. The average Bonchev–Trinajstić information content (AvgIpc) is 2.26. The summed E-state index contributed by atoms with van der Waals surface area (Å²) in [4.78, 5) is 11.3. The van der Waals surface area contributed by atoms with Gasteiger partial charge in [0, 0.05) is 6.54 Å². The molecular formula is C13H17F3N2O2. The third-order valence-corrected chi connectivity index (χ3v) is 2.16. The van der Waals surface area contributed by atoms with Crippen LogP contribution in [0.4, 0.5) is 18.0 Å². The monoisotopic (exact) mass is 290 g/mol. The molecule has 0 aromatic heterocycles. The van der Waals surface area contributed by atoms with Crippen LogP contribution in [0.3, 0.4) is 0 Å². The van der Waals surface area contributed by atoms with Crippen LogP contribution in [-0.2, 0) is 17.5 Å². The van der Waals surface area contributed by atoms with Crippen molar-refractivity contribution in [3.63, 3.8) is 0 Å². The smallest absolute Gasteiger partial charge is 0.422 e. The summed E-state index contributed by atoms with van der Waals surface area (Å²) >= 11 is 0. The van der Waals surface area contributed by atoms with Gasteiger partial charge in [0.1, 0.15) is 5.60 Å². The number of amides is 1. The van der Waals surface area contributed by atoms with Gasteiger partial charge < -0.3 is 4.74 Å². The van der Waals surface area contributed by atoms with E-state index in [2.05, 4.69) is 10.9 Å². The van der Waals surface area contributed by atoms with Gasteiger partial charge in [-0.3, -0.25) is 5.43 Å². The van der Waals surface area contributed by atoms with Crippen molar-refractivity contribution in [3.8, 4) is 0 Å². The number of halogens is 3. The molecule has 20 heavy (non-hydrogen) atoms. The Kier molecular flexibility index (Phi) is 4.99. The lowest BCUT2D eigenvalue weighted by atomic mass is 10.1. The van der Waals surface area contributed by atoms with E-state index in [-0.39, 0.29) is 6.54 Å². The maximum absolute atomic E-state index is 12.3. The second-order valence-electron chi connectivity index (χ2n) is 5.18. The molecule has 1 amide bonds. The summed E-state index contributed by atoms with van der Waals surface area (Å²) in [5, 5.41) is 0. The number of benzene rings is 1. The van der Waals surface area contributed by atoms with E-state index in [0.29, 0.717) is 5.56 Å². The van der Waals surface area contributed by atoms with Gasteiger partial charge in [-0.05, 0) is 38.5 Å². The molecule has 0 aliphatic rings. The van der Waals surface area contributed by atoms with Crippen molar-refractivity contribution < 1.29 is 22.7 Å². The Morgan fingerprint density at radius 1 is 1.15 bits per heavy atom. The van der Waals surface area contributed by atoms with Crippen LogP contribution >= 0.6 is 0 Å². The lowest BCUT2D eigenvalue weighted by Crippen LogP contribution is -2.40. The lowest BCUT2D eigenvalue weighted by Gasteiger charge is -2.19. The summed E-state index contributed by atoms with van der Waals surface area (Å²) in [5.74, 6) is 0. The molecule has 0 saturated heterocycles. The van der Waals surface area contributed by atoms with Crippen LogP contribution in [0.15, 0.2) is 24.3 Å². The van der Waals surface area contributed by atoms with Gasteiger partial charge in [0.2, 0.25) is 0 Å². The first-order valence-corrected chi connectivity index (χ1v) is 5.96. The van der Waals surface area contributed by atoms with E-state index in [1.165, 1.54) is 12.1 Å². The fourth-order valence-electron chi connectivity index (χ4n) is 1.33. The van der Waals surface area contributed by atoms with Crippen LogP contribution in [0.1, 0.15) is 31.9 Å². The number of hydrogen-bond acceptors (Lipinski definition) is 3. The zero-order chi connectivity index (χ0) is 15.4. The molecule has 0 aliphatic heterocycles. The molecule has 0 fully saturated rings. The number of rotatable bonds is 3. The highest BCUT2D eigenvalue weighted by Crippen LogP contribution is 2.28. The van der Waals surface area contributed by atoms with Crippen LogP contribution in [0.25, 0.3) is 0 Å². The first kappa shape index (κ1) is 16.3. The predicted octanol–water partition coefficient (Wildman–Crippen LogP) is 3.23. The van der Waals surface area contributed by atoms with Gasteiger partial charge in [0.25, 0.3) is 0 Å². The third kappa shape index (κ3) is 5.92. The molecule has 0 unspecified atom stereocenters. The number of nitrogens with one attached hydrogen (secondary N) is 2. The van der Waals surface area contributed by atoms with Crippen LogP contribution in [0.2, 0.25) is 0 Å². The molecule has 1 rings (SSSR count). The van der Waals surface area contributed by atoms with Crippen molar-refractivity contribution in [1.29, 1.82) is 0 Å². The van der Waals surface area contributed by atoms with Gasteiger partial charge in [0.15, 0.2) is 0 Å². The molecule has 0 spiro atoms. The van der Waals surface area contributed by atoms with Crippen molar-refractivity contribution in [3.05, 3.63) is 35.4 Å². The van der Waals surface area contributed by atoms with E-state index in [1.54, 1.807) is 20.8 Å². The molecule has 1 aromatic rings. The number of ether oxygens (including phenoxy) is 1. The summed E-state index contributed by atoms with van der Waals surface area (Å²) < 4.78 is 42.0. The summed E-state index contributed by atoms with van der Waals surface area (Å²) in [6.07, 6.45) is -5.00. The van der Waals surface area contributed by atoms with E-state index in [0.717, 1.165) is 12.1 Å². The summed E-state index contributed by atoms with van der Waals surface area (Å²) in [5.41, 5.74) is 4.16. The fourth-order valence-corrected chi connectivity index (χ4v) is 1.33. The number of hydrogen-bond donors (Lipinski definition) is 2. The SMILES string of the molecule is CC(C)(C)OC(=O)NNCc1ccc(C(F)(F)F)cc1. The van der Waals surface area contributed by atoms with E-state index < -0.39 is 23.4 Å². The fraction of sp³-hybridized carbons (Fsp3) is 0.462. The van der Waals surface area contributed by atoms with Crippen molar-refractivity contribution in [2.45, 2.75) is 39.1 Å². The van der Waals surface area contributed by atoms with Crippen LogP contribution in [0, 0.1) is 0 Å². The average molecular weight is 290 g/mol. The van der Waals surface area contributed by atoms with Gasteiger partial charge in [0.05, 0.1) is 5.56 Å². The minimum absolute atomic E-state index is 0.192. The Morgan fingerprint density at radius 3 is 2.15 bits per heavy atom. The molecule has 0 atom stereocenters. The van der Waals surface area contributed by atoms with Crippen molar-refractivity contribution in [2.24, 2.45) is 0 Å². The molecule has 0 radical (unpaired) electrons. The number of carbonyl (C=O) groups excluding carboxylic acids is 1. The quantitative estimate of drug-likeness (QED) is 0.840. The minimum atomic E-state index is -4.35. The predicted molar refractivity (Wildman–Crippen MR) is 67.7 cm³/mol. The molecule has 0 heterocycles. The first-order valence-electron chi connectivity index (χ1n) is 5.96. The topological polar surface area (TPSA) is 50.4 Å². The van der Waals surface area contributed by atoms with Gasteiger partial charge in [-0.1, -0.05) is 12.1 Å². The van der Waals surface area contributed by atoms with Crippen molar-refractivity contribution in [1.82, 2.24) is 10.9 Å². The summed E-state index contributed by atoms with van der Waals surface area (Å²) in [6, 6.07) is 4.66. The largest absolute Gasteiger partial charge is 0.443 e. The van der Waals surface area contributed by atoms with Crippen LogP contribution in [-0.4, -0.2) is 11.7 Å². The Morgan fingerprint density at radius 2 is 1.70 bits per heavy atom. The molecule has 0 saturated carbocycles. The molecule has 112 valence electrons. The number of hydrazine groups is 1. The minimum Gasteiger partial charge on any atom is -0.443 e. The highest BCUT2D eigenvalue weighted by Gasteiger charge is 2.29. The lowest BCUT2D eigenvalue weighted by molar-refractivity contribution is -0.137. The standard InChI is InChI=1S/C13H17F3N2O2/c1-12(2,3)20-11(19)18-17-8-9-4-6-10(7-5-9)13(14,15)16/h4-7,17H,8H2,1-3H3,(H,18,19). The number of carbonyl (C=O) groups is 1. The molecule has 1 aromatic carbocycles. The highest BCUT2D eigenvalue weighted by molar-refractivity contribution is 5.66. The summed E-state index contributed by atoms with van der Waals surface area (Å²) in [6.45, 7) is 5.37. The second kappa shape index (κ2) is 6.13. The zero-order valence-corrected chi connectivity index (χ0v) is 11.5. The van der Waals surface area contributed by atoms with Crippen LogP contribution in [0.5, 0.6) is 0 Å². The Labute approximate surface area is 115 Å². The first-order chi connectivity index (χ1) is 9.08. The second-order valence-corrected chi connectivity index (χ2v) is 5.18. The zero-order valence-electron chi connectivity index (χ0n) is 11.5. The maximum Gasteiger partial charge on any atom is 0.422 e. The highest BCUT2D eigenvalue weighted by atomic mass is 19.4. The molecule has 4 nitrogen and oxygen atoms in total. The maximum atomic E-state index is 12.3. The van der Waals surface area contributed by atoms with E-state index in [1.807, 2.05) is 0 Å². The molecule has 2 N–H and O–H groups in total. The van der Waals surface area contributed by atoms with E-state index >= 15 is 0 Å². The molecule has 7 heteroatoms. The van der Waals surface area contributed by atoms with Crippen molar-refractivity contribution in [2.75, 3.05) is 0 Å². The molecule has 0 aliphatic carbocycles. The third-order valence-electron chi connectivity index (χ3n) is 2.16. The molecule has 0 bridgehead atoms. The van der Waals surface area contributed by atoms with E-state index in [4.69, 9.17) is 4.74 Å². The Hall–Kier alpha value is -1.76. The van der Waals surface area contributed by atoms with Gasteiger partial charge in [-0.15, -0.1) is 0 Å².